The number of piperidine rings is 1. The number of aliphatic hydroxyl groups is 1. The van der Waals surface area contributed by atoms with Crippen LogP contribution < -0.4 is 5.32 Å². The van der Waals surface area contributed by atoms with Crippen LogP contribution >= 0.6 is 22.9 Å². The van der Waals surface area contributed by atoms with Gasteiger partial charge in [0, 0.05) is 47.5 Å². The van der Waals surface area contributed by atoms with E-state index in [1.165, 1.54) is 28.4 Å². The van der Waals surface area contributed by atoms with Gasteiger partial charge in [0.1, 0.15) is 30.3 Å². The van der Waals surface area contributed by atoms with Gasteiger partial charge < -0.3 is 15.2 Å². The summed E-state index contributed by atoms with van der Waals surface area (Å²) in [6, 6.07) is 2.78. The first-order valence-electron chi connectivity index (χ1n) is 10.6. The fourth-order valence-corrected chi connectivity index (χ4v) is 4.79. The number of aliphatic imine (C=N–C) groups is 1. The van der Waals surface area contributed by atoms with Gasteiger partial charge in [-0.2, -0.15) is 0 Å². The first-order valence-corrected chi connectivity index (χ1v) is 11.8. The molecule has 7 nitrogen and oxygen atoms in total. The number of aliphatic hydroxyl groups excluding tert-OH is 1. The lowest BCUT2D eigenvalue weighted by atomic mass is 9.94. The molecule has 4 rings (SSSR count). The SMILES string of the molecule is CCOC(=O)C1=C(CN2CC(F)C(O)C(F)C2)NC(c2nccs2)=N[C@H]1c1ccc(F)cc1Cl. The largest absolute Gasteiger partial charge is 0.463 e. The second kappa shape index (κ2) is 10.4. The summed E-state index contributed by atoms with van der Waals surface area (Å²) in [6.07, 6.45) is -3.68. The average molecular weight is 515 g/mol. The minimum atomic E-state index is -1.78. The summed E-state index contributed by atoms with van der Waals surface area (Å²) >= 11 is 7.62. The molecular formula is C22H22ClF3N4O3S. The van der Waals surface area contributed by atoms with E-state index in [4.69, 9.17) is 16.3 Å². The van der Waals surface area contributed by atoms with Crippen molar-refractivity contribution in [2.75, 3.05) is 26.2 Å². The Kier molecular flexibility index (Phi) is 7.56. The van der Waals surface area contributed by atoms with Gasteiger partial charge in [-0.1, -0.05) is 17.7 Å². The third-order valence-corrected chi connectivity index (χ3v) is 6.61. The van der Waals surface area contributed by atoms with Gasteiger partial charge in [0.25, 0.3) is 0 Å². The number of nitrogens with one attached hydrogen (secondary N) is 1. The van der Waals surface area contributed by atoms with Gasteiger partial charge in [0.15, 0.2) is 10.8 Å². The van der Waals surface area contributed by atoms with Crippen LogP contribution in [0.25, 0.3) is 0 Å². The molecule has 0 aliphatic carbocycles. The average Bonchev–Trinajstić information content (AvgIpc) is 3.32. The number of nitrogens with zero attached hydrogens (tertiary/aromatic N) is 3. The van der Waals surface area contributed by atoms with Crippen molar-refractivity contribution >= 4 is 34.7 Å². The number of rotatable bonds is 6. The van der Waals surface area contributed by atoms with E-state index < -0.39 is 36.3 Å². The maximum Gasteiger partial charge on any atom is 0.338 e. The number of likely N-dealkylation sites (tertiary alicyclic amines) is 1. The number of carbonyl (C=O) groups excluding carboxylic acids is 1. The van der Waals surface area contributed by atoms with Gasteiger partial charge in [-0.25, -0.2) is 22.9 Å². The van der Waals surface area contributed by atoms with Crippen molar-refractivity contribution in [1.82, 2.24) is 15.2 Å². The lowest BCUT2D eigenvalue weighted by Gasteiger charge is -2.36. The summed E-state index contributed by atoms with van der Waals surface area (Å²) in [5, 5.41) is 15.0. The number of ether oxygens (including phenoxy) is 1. The molecule has 2 aromatic rings. The van der Waals surface area contributed by atoms with Crippen LogP contribution in [0.4, 0.5) is 13.2 Å². The molecule has 0 bridgehead atoms. The predicted molar refractivity (Wildman–Crippen MR) is 122 cm³/mol. The molecule has 1 saturated heterocycles. The summed E-state index contributed by atoms with van der Waals surface area (Å²) in [4.78, 5) is 23.4. The van der Waals surface area contributed by atoms with Crippen molar-refractivity contribution < 1.29 is 27.8 Å². The number of hydrogen-bond acceptors (Lipinski definition) is 8. The molecule has 1 fully saturated rings. The number of esters is 1. The maximum absolute atomic E-state index is 14.2. The summed E-state index contributed by atoms with van der Waals surface area (Å²) in [7, 11) is 0. The number of amidine groups is 1. The number of alkyl halides is 2. The highest BCUT2D eigenvalue weighted by Gasteiger charge is 2.39. The van der Waals surface area contributed by atoms with E-state index in [0.717, 1.165) is 6.07 Å². The first-order chi connectivity index (χ1) is 16.3. The van der Waals surface area contributed by atoms with Crippen molar-refractivity contribution in [1.29, 1.82) is 0 Å². The van der Waals surface area contributed by atoms with Crippen LogP contribution in [0.15, 0.2) is 46.0 Å². The smallest absolute Gasteiger partial charge is 0.338 e. The van der Waals surface area contributed by atoms with Gasteiger partial charge in [-0.15, -0.1) is 11.3 Å². The van der Waals surface area contributed by atoms with E-state index in [1.54, 1.807) is 18.5 Å². The molecule has 2 N–H and O–H groups in total. The zero-order valence-electron chi connectivity index (χ0n) is 18.1. The quantitative estimate of drug-likeness (QED) is 0.576. The second-order valence-corrected chi connectivity index (χ2v) is 9.14. The van der Waals surface area contributed by atoms with Crippen LogP contribution in [0.5, 0.6) is 0 Å². The Labute approximate surface area is 202 Å². The van der Waals surface area contributed by atoms with E-state index >= 15 is 0 Å². The number of halogens is 4. The minimum absolute atomic E-state index is 0.0542. The van der Waals surface area contributed by atoms with E-state index in [0.29, 0.717) is 22.1 Å². The Balaban J connectivity index is 1.80. The molecule has 2 aliphatic heterocycles. The molecule has 12 heteroatoms. The molecule has 0 spiro atoms. The highest BCUT2D eigenvalue weighted by atomic mass is 35.5. The topological polar surface area (TPSA) is 87.0 Å². The molecule has 0 saturated carbocycles. The van der Waals surface area contributed by atoms with Gasteiger partial charge >= 0.3 is 5.97 Å². The fourth-order valence-electron chi connectivity index (χ4n) is 3.93. The Hall–Kier alpha value is -2.47. The number of thiazole rings is 1. The zero-order chi connectivity index (χ0) is 24.4. The third-order valence-electron chi connectivity index (χ3n) is 5.50. The monoisotopic (exact) mass is 514 g/mol. The zero-order valence-corrected chi connectivity index (χ0v) is 19.6. The van der Waals surface area contributed by atoms with Crippen molar-refractivity contribution in [2.45, 2.75) is 31.4 Å². The highest BCUT2D eigenvalue weighted by Crippen LogP contribution is 2.37. The second-order valence-electron chi connectivity index (χ2n) is 7.84. The Bertz CT molecular complexity index is 1100. The summed E-state index contributed by atoms with van der Waals surface area (Å²) < 4.78 is 47.4. The predicted octanol–water partition coefficient (Wildman–Crippen LogP) is 3.20. The molecule has 2 unspecified atom stereocenters. The number of benzene rings is 1. The van der Waals surface area contributed by atoms with E-state index in [2.05, 4.69) is 15.3 Å². The molecule has 3 heterocycles. The van der Waals surface area contributed by atoms with Crippen LogP contribution in [-0.2, 0) is 9.53 Å². The van der Waals surface area contributed by atoms with Gasteiger partial charge in [-0.3, -0.25) is 9.89 Å². The number of hydrogen-bond donors (Lipinski definition) is 2. The van der Waals surface area contributed by atoms with E-state index in [9.17, 15) is 23.1 Å². The van der Waals surface area contributed by atoms with Gasteiger partial charge in [-0.05, 0) is 19.1 Å². The standard InChI is InChI=1S/C22H22ClF3N4O3S/c1-2-33-22(32)17-16(10-30-8-14(25)19(31)15(26)9-30)28-20(21-27-5-6-34-21)29-18(17)12-4-3-11(24)7-13(12)23/h3-7,14-15,18-19,31H,2,8-10H2,1H3,(H,28,29)/t14?,15?,18-,19?/m0/s1. The van der Waals surface area contributed by atoms with E-state index in [-0.39, 0.29) is 36.8 Å². The van der Waals surface area contributed by atoms with Crippen LogP contribution in [0.2, 0.25) is 5.02 Å². The maximum atomic E-state index is 14.2. The molecule has 2 aliphatic rings. The molecule has 0 radical (unpaired) electrons. The fraction of sp³-hybridized carbons (Fsp3) is 0.409. The Morgan fingerprint density at radius 3 is 2.71 bits per heavy atom. The summed E-state index contributed by atoms with van der Waals surface area (Å²) in [6.45, 7) is 1.22. The minimum Gasteiger partial charge on any atom is -0.463 e. The van der Waals surface area contributed by atoms with Crippen molar-refractivity contribution in [3.8, 4) is 0 Å². The van der Waals surface area contributed by atoms with Crippen LogP contribution in [0.1, 0.15) is 23.5 Å². The van der Waals surface area contributed by atoms with Gasteiger partial charge in [0.05, 0.1) is 12.2 Å². The molecule has 3 atom stereocenters. The summed E-state index contributed by atoms with van der Waals surface area (Å²) in [5.41, 5.74) is 0.757. The Morgan fingerprint density at radius 1 is 1.35 bits per heavy atom. The van der Waals surface area contributed by atoms with Gasteiger partial charge in [0.2, 0.25) is 0 Å². The highest BCUT2D eigenvalue weighted by molar-refractivity contribution is 7.11. The van der Waals surface area contributed by atoms with Crippen LogP contribution in [0.3, 0.4) is 0 Å². The van der Waals surface area contributed by atoms with Crippen LogP contribution in [0, 0.1) is 5.82 Å². The molecule has 34 heavy (non-hydrogen) atoms. The normalized spacial score (nSPS) is 25.6. The van der Waals surface area contributed by atoms with Crippen molar-refractivity contribution in [3.63, 3.8) is 0 Å². The lowest BCUT2D eigenvalue weighted by molar-refractivity contribution is -0.139. The Morgan fingerprint density at radius 2 is 2.09 bits per heavy atom. The number of carbonyl (C=O) groups is 1. The van der Waals surface area contributed by atoms with Crippen molar-refractivity contribution in [2.24, 2.45) is 4.99 Å². The van der Waals surface area contributed by atoms with E-state index in [1.807, 2.05) is 0 Å². The van der Waals surface area contributed by atoms with Crippen molar-refractivity contribution in [3.05, 3.63) is 62.5 Å². The molecular weight excluding hydrogens is 493 g/mol. The molecule has 1 aromatic heterocycles. The molecule has 0 amide bonds. The lowest BCUT2D eigenvalue weighted by Crippen LogP contribution is -2.53. The molecule has 182 valence electrons. The third kappa shape index (κ3) is 5.12. The summed E-state index contributed by atoms with van der Waals surface area (Å²) in [5.74, 6) is -0.916. The number of aromatic nitrogens is 1. The first kappa shape index (κ1) is 24.6. The van der Waals surface area contributed by atoms with Crippen LogP contribution in [-0.4, -0.2) is 71.5 Å². The molecule has 1 aromatic carbocycles.